The lowest BCUT2D eigenvalue weighted by Gasteiger charge is -2.37. The Hall–Kier alpha value is -1.52. The lowest BCUT2D eigenvalue weighted by Crippen LogP contribution is -2.45. The second-order valence-electron chi connectivity index (χ2n) is 5.46. The van der Waals surface area contributed by atoms with E-state index in [2.05, 4.69) is 17.5 Å². The molecule has 0 unspecified atom stereocenters. The van der Waals surface area contributed by atoms with Gasteiger partial charge in [-0.25, -0.2) is 0 Å². The van der Waals surface area contributed by atoms with Gasteiger partial charge in [0.1, 0.15) is 0 Å². The molecule has 0 bridgehead atoms. The molecule has 2 aliphatic heterocycles. The second-order valence-corrected chi connectivity index (χ2v) is 5.46. The average Bonchev–Trinajstić information content (AvgIpc) is 3.04. The molecule has 1 aromatic rings. The number of aliphatic hydroxyl groups is 1. The third kappa shape index (κ3) is 1.47. The summed E-state index contributed by atoms with van der Waals surface area (Å²) in [6.07, 6.45) is 6.08. The Balaban J connectivity index is 1.84. The SMILES string of the molecule is O[C@H]1CN[C@H]2CCC=C[C@]21c1ccc2c(c1)OCO2. The second kappa shape index (κ2) is 3.99. The van der Waals surface area contributed by atoms with Crippen molar-refractivity contribution in [1.82, 2.24) is 5.32 Å². The van der Waals surface area contributed by atoms with Crippen molar-refractivity contribution in [2.75, 3.05) is 13.3 Å². The van der Waals surface area contributed by atoms with Crippen molar-refractivity contribution >= 4 is 0 Å². The number of fused-ring (bicyclic) bond motifs is 2. The van der Waals surface area contributed by atoms with Gasteiger partial charge in [0, 0.05) is 12.6 Å². The fourth-order valence-electron chi connectivity index (χ4n) is 3.59. The minimum Gasteiger partial charge on any atom is -0.454 e. The van der Waals surface area contributed by atoms with Crippen LogP contribution in [0.5, 0.6) is 11.5 Å². The summed E-state index contributed by atoms with van der Waals surface area (Å²) in [4.78, 5) is 0. The summed E-state index contributed by atoms with van der Waals surface area (Å²) < 4.78 is 10.8. The van der Waals surface area contributed by atoms with Crippen molar-refractivity contribution in [3.05, 3.63) is 35.9 Å². The van der Waals surface area contributed by atoms with E-state index in [1.165, 1.54) is 0 Å². The van der Waals surface area contributed by atoms with Crippen LogP contribution in [0.25, 0.3) is 0 Å². The number of aliphatic hydroxyl groups excluding tert-OH is 1. The highest BCUT2D eigenvalue weighted by Crippen LogP contribution is 2.45. The smallest absolute Gasteiger partial charge is 0.231 e. The predicted molar refractivity (Wildman–Crippen MR) is 70.4 cm³/mol. The molecular weight excluding hydrogens is 242 g/mol. The summed E-state index contributed by atoms with van der Waals surface area (Å²) in [5.41, 5.74) is 0.786. The maximum atomic E-state index is 10.5. The summed E-state index contributed by atoms with van der Waals surface area (Å²) in [7, 11) is 0. The third-order valence-corrected chi connectivity index (χ3v) is 4.57. The first-order valence-corrected chi connectivity index (χ1v) is 6.80. The fourth-order valence-corrected chi connectivity index (χ4v) is 3.59. The molecule has 4 nitrogen and oxygen atoms in total. The standard InChI is InChI=1S/C15H17NO3/c17-14-8-16-13-3-1-2-6-15(13,14)10-4-5-11-12(7-10)19-9-18-11/h2,4-7,13-14,16-17H,1,3,8-9H2/t13-,14-,15-/m0/s1. The zero-order valence-corrected chi connectivity index (χ0v) is 10.6. The molecule has 0 spiro atoms. The van der Waals surface area contributed by atoms with E-state index in [1.54, 1.807) is 0 Å². The van der Waals surface area contributed by atoms with Gasteiger partial charge in [-0.05, 0) is 30.5 Å². The van der Waals surface area contributed by atoms with E-state index in [1.807, 2.05) is 18.2 Å². The summed E-state index contributed by atoms with van der Waals surface area (Å²) in [6.45, 7) is 0.926. The number of hydrogen-bond donors (Lipinski definition) is 2. The molecule has 1 saturated heterocycles. The van der Waals surface area contributed by atoms with Gasteiger partial charge in [-0.1, -0.05) is 18.2 Å². The van der Waals surface area contributed by atoms with Crippen LogP contribution in [-0.2, 0) is 5.41 Å². The number of allylic oxidation sites excluding steroid dienone is 1. The topological polar surface area (TPSA) is 50.7 Å². The molecule has 2 heterocycles. The Morgan fingerprint density at radius 3 is 3.11 bits per heavy atom. The van der Waals surface area contributed by atoms with Crippen LogP contribution in [0.15, 0.2) is 30.4 Å². The van der Waals surface area contributed by atoms with E-state index >= 15 is 0 Å². The highest BCUT2D eigenvalue weighted by molar-refractivity contribution is 5.50. The Labute approximate surface area is 112 Å². The molecule has 100 valence electrons. The predicted octanol–water partition coefficient (Wildman–Crippen LogP) is 1.34. The molecule has 19 heavy (non-hydrogen) atoms. The van der Waals surface area contributed by atoms with E-state index < -0.39 is 6.10 Å². The van der Waals surface area contributed by atoms with Crippen LogP contribution in [0.1, 0.15) is 18.4 Å². The van der Waals surface area contributed by atoms with Crippen LogP contribution in [0, 0.1) is 0 Å². The summed E-state index contributed by atoms with van der Waals surface area (Å²) in [6, 6.07) is 6.30. The van der Waals surface area contributed by atoms with Gasteiger partial charge in [0.05, 0.1) is 11.5 Å². The van der Waals surface area contributed by atoms with E-state index in [-0.39, 0.29) is 12.2 Å². The van der Waals surface area contributed by atoms with E-state index in [4.69, 9.17) is 9.47 Å². The molecule has 0 amide bonds. The Bertz CT molecular complexity index is 542. The van der Waals surface area contributed by atoms with Crippen molar-refractivity contribution in [1.29, 1.82) is 0 Å². The highest BCUT2D eigenvalue weighted by Gasteiger charge is 2.50. The van der Waals surface area contributed by atoms with Crippen LogP contribution in [-0.4, -0.2) is 30.6 Å². The molecule has 3 atom stereocenters. The van der Waals surface area contributed by atoms with Crippen LogP contribution in [0.3, 0.4) is 0 Å². The van der Waals surface area contributed by atoms with Gasteiger partial charge in [-0.2, -0.15) is 0 Å². The van der Waals surface area contributed by atoms with Crippen LogP contribution < -0.4 is 14.8 Å². The summed E-state index contributed by atoms with van der Waals surface area (Å²) >= 11 is 0. The van der Waals surface area contributed by atoms with Crippen LogP contribution in [0.2, 0.25) is 0 Å². The molecule has 1 aliphatic carbocycles. The largest absolute Gasteiger partial charge is 0.454 e. The maximum absolute atomic E-state index is 10.5. The van der Waals surface area contributed by atoms with E-state index in [0.29, 0.717) is 12.6 Å². The molecule has 4 rings (SSSR count). The molecule has 2 N–H and O–H groups in total. The van der Waals surface area contributed by atoms with Crippen molar-refractivity contribution in [3.8, 4) is 11.5 Å². The Kier molecular flexibility index (Phi) is 2.37. The third-order valence-electron chi connectivity index (χ3n) is 4.57. The first kappa shape index (κ1) is 11.3. The molecule has 1 fully saturated rings. The van der Waals surface area contributed by atoms with Gasteiger partial charge in [-0.3, -0.25) is 0 Å². The quantitative estimate of drug-likeness (QED) is 0.747. The summed E-state index contributed by atoms with van der Waals surface area (Å²) in [5, 5.41) is 13.9. The van der Waals surface area contributed by atoms with Gasteiger partial charge in [0.2, 0.25) is 6.79 Å². The van der Waals surface area contributed by atoms with Crippen LogP contribution >= 0.6 is 0 Å². The number of rotatable bonds is 1. The van der Waals surface area contributed by atoms with E-state index in [9.17, 15) is 5.11 Å². The lowest BCUT2D eigenvalue weighted by molar-refractivity contribution is 0.132. The van der Waals surface area contributed by atoms with Gasteiger partial charge in [-0.15, -0.1) is 0 Å². The molecule has 0 saturated carbocycles. The molecule has 4 heteroatoms. The highest BCUT2D eigenvalue weighted by atomic mass is 16.7. The number of nitrogens with one attached hydrogen (secondary N) is 1. The number of hydrogen-bond acceptors (Lipinski definition) is 4. The lowest BCUT2D eigenvalue weighted by atomic mass is 9.68. The first-order valence-electron chi connectivity index (χ1n) is 6.80. The number of ether oxygens (including phenoxy) is 2. The zero-order valence-electron chi connectivity index (χ0n) is 10.6. The van der Waals surface area contributed by atoms with Crippen molar-refractivity contribution in [2.45, 2.75) is 30.4 Å². The number of benzene rings is 1. The Morgan fingerprint density at radius 2 is 2.16 bits per heavy atom. The normalized spacial score (nSPS) is 35.4. The van der Waals surface area contributed by atoms with Gasteiger partial charge in [0.15, 0.2) is 11.5 Å². The molecule has 0 radical (unpaired) electrons. The molecular formula is C15H17NO3. The van der Waals surface area contributed by atoms with Gasteiger partial charge >= 0.3 is 0 Å². The molecule has 1 aromatic carbocycles. The zero-order chi connectivity index (χ0) is 12.9. The van der Waals surface area contributed by atoms with Crippen LogP contribution in [0.4, 0.5) is 0 Å². The van der Waals surface area contributed by atoms with Crippen molar-refractivity contribution in [3.63, 3.8) is 0 Å². The monoisotopic (exact) mass is 259 g/mol. The Morgan fingerprint density at radius 1 is 1.26 bits per heavy atom. The van der Waals surface area contributed by atoms with E-state index in [0.717, 1.165) is 29.9 Å². The number of β-amino-alcohol motifs (C(OH)–C–C–N with tert-alkyl or cyclic N) is 1. The fraction of sp³-hybridized carbons (Fsp3) is 0.467. The van der Waals surface area contributed by atoms with Crippen molar-refractivity contribution in [2.24, 2.45) is 0 Å². The van der Waals surface area contributed by atoms with Crippen molar-refractivity contribution < 1.29 is 14.6 Å². The first-order chi connectivity index (χ1) is 9.30. The average molecular weight is 259 g/mol. The molecule has 0 aromatic heterocycles. The maximum Gasteiger partial charge on any atom is 0.231 e. The van der Waals surface area contributed by atoms with Gasteiger partial charge in [0.25, 0.3) is 0 Å². The minimum atomic E-state index is -0.394. The minimum absolute atomic E-state index is 0.284. The molecule has 3 aliphatic rings. The summed E-state index contributed by atoms with van der Waals surface area (Å²) in [5.74, 6) is 1.57. The van der Waals surface area contributed by atoms with Gasteiger partial charge < -0.3 is 19.9 Å².